The van der Waals surface area contributed by atoms with Gasteiger partial charge in [-0.3, -0.25) is 9.69 Å². The minimum absolute atomic E-state index is 0.0133. The molecule has 1 N–H and O–H groups in total. The number of hydrogen-bond acceptors (Lipinski definition) is 4. The maximum absolute atomic E-state index is 12.4. The highest BCUT2D eigenvalue weighted by molar-refractivity contribution is 5.94. The van der Waals surface area contributed by atoms with Crippen LogP contribution in [-0.2, 0) is 0 Å². The summed E-state index contributed by atoms with van der Waals surface area (Å²) in [5, 5.41) is 3.08. The summed E-state index contributed by atoms with van der Waals surface area (Å²) in [6, 6.07) is 8.29. The molecule has 1 heterocycles. The zero-order valence-electron chi connectivity index (χ0n) is 15.6. The Morgan fingerprint density at radius 3 is 2.62 bits per heavy atom. The topological polar surface area (TPSA) is 38.8 Å². The average Bonchev–Trinajstić information content (AvgIpc) is 2.60. The van der Waals surface area contributed by atoms with Crippen LogP contribution >= 0.6 is 0 Å². The van der Waals surface area contributed by atoms with Gasteiger partial charge in [-0.05, 0) is 44.8 Å². The first-order chi connectivity index (χ1) is 11.5. The molecule has 0 aromatic heterocycles. The molecule has 1 aromatic carbocycles. The van der Waals surface area contributed by atoms with Crippen LogP contribution in [0.5, 0.6) is 0 Å². The van der Waals surface area contributed by atoms with Crippen LogP contribution in [0.15, 0.2) is 24.3 Å². The van der Waals surface area contributed by atoms with Crippen molar-refractivity contribution in [3.05, 3.63) is 29.8 Å². The van der Waals surface area contributed by atoms with Gasteiger partial charge in [0.25, 0.3) is 5.91 Å². The van der Waals surface area contributed by atoms with E-state index >= 15 is 0 Å². The zero-order valence-corrected chi connectivity index (χ0v) is 15.6. The molecule has 134 valence electrons. The molecule has 0 aliphatic carbocycles. The second kappa shape index (κ2) is 9.04. The first-order valence-electron chi connectivity index (χ1n) is 8.99. The maximum Gasteiger partial charge on any atom is 0.251 e. The largest absolute Gasteiger partial charge is 0.375 e. The molecule has 1 atom stereocenters. The Balaban J connectivity index is 1.86. The van der Waals surface area contributed by atoms with Crippen molar-refractivity contribution in [1.82, 2.24) is 15.1 Å². The summed E-state index contributed by atoms with van der Waals surface area (Å²) in [5.74, 6) is 0.0133. The van der Waals surface area contributed by atoms with Crippen LogP contribution < -0.4 is 10.2 Å². The van der Waals surface area contributed by atoms with Gasteiger partial charge in [0.2, 0.25) is 0 Å². The summed E-state index contributed by atoms with van der Waals surface area (Å²) >= 11 is 0. The van der Waals surface area contributed by atoms with Gasteiger partial charge in [-0.25, -0.2) is 0 Å². The first-order valence-corrected chi connectivity index (χ1v) is 8.99. The predicted octanol–water partition coefficient (Wildman–Crippen LogP) is 1.90. The minimum atomic E-state index is 0.0133. The Bertz CT molecular complexity index is 517. The number of anilines is 1. The summed E-state index contributed by atoms with van der Waals surface area (Å²) in [5.41, 5.74) is 1.89. The van der Waals surface area contributed by atoms with Gasteiger partial charge in [-0.15, -0.1) is 0 Å². The lowest BCUT2D eigenvalue weighted by Gasteiger charge is -2.37. The number of rotatable bonds is 7. The molecule has 5 heteroatoms. The number of nitrogens with zero attached hydrogens (tertiary/aromatic N) is 3. The van der Waals surface area contributed by atoms with E-state index in [0.29, 0.717) is 12.6 Å². The fourth-order valence-corrected chi connectivity index (χ4v) is 3.03. The lowest BCUT2D eigenvalue weighted by Crippen LogP contribution is -2.54. The highest BCUT2D eigenvalue weighted by Gasteiger charge is 2.22. The molecule has 0 bridgehead atoms. The average molecular weight is 332 g/mol. The van der Waals surface area contributed by atoms with Crippen LogP contribution in [0, 0.1) is 0 Å². The van der Waals surface area contributed by atoms with Crippen molar-refractivity contribution >= 4 is 11.6 Å². The molecule has 0 saturated carbocycles. The Morgan fingerprint density at radius 1 is 1.25 bits per heavy atom. The monoisotopic (exact) mass is 332 g/mol. The molecule has 1 saturated heterocycles. The van der Waals surface area contributed by atoms with E-state index in [4.69, 9.17) is 0 Å². The number of amides is 1. The van der Waals surface area contributed by atoms with Gasteiger partial charge < -0.3 is 15.1 Å². The van der Waals surface area contributed by atoms with E-state index < -0.39 is 0 Å². The Morgan fingerprint density at radius 2 is 1.96 bits per heavy atom. The molecule has 5 nitrogen and oxygen atoms in total. The Hall–Kier alpha value is -1.59. The quantitative estimate of drug-likeness (QED) is 0.828. The SMILES string of the molecule is CCCCN(C)c1ccc(C(=O)NCC2CN(C)CCN2C)cc1. The molecule has 1 amide bonds. The standard InChI is InChI=1S/C19H32N4O/c1-5-6-11-22(3)17-9-7-16(8-10-17)19(24)20-14-18-15-21(2)12-13-23(18)4/h7-10,18H,5-6,11-15H2,1-4H3,(H,20,24). The number of benzene rings is 1. The second-order valence-corrected chi connectivity index (χ2v) is 6.93. The lowest BCUT2D eigenvalue weighted by molar-refractivity contribution is 0.0881. The third-order valence-electron chi connectivity index (χ3n) is 4.90. The summed E-state index contributed by atoms with van der Waals surface area (Å²) in [7, 11) is 6.36. The number of hydrogen-bond donors (Lipinski definition) is 1. The predicted molar refractivity (Wildman–Crippen MR) is 101 cm³/mol. The van der Waals surface area contributed by atoms with E-state index in [1.54, 1.807) is 0 Å². The van der Waals surface area contributed by atoms with Crippen LogP contribution in [0.3, 0.4) is 0 Å². The molecule has 1 fully saturated rings. The van der Waals surface area contributed by atoms with Gasteiger partial charge in [-0.1, -0.05) is 13.3 Å². The van der Waals surface area contributed by atoms with Crippen molar-refractivity contribution in [2.45, 2.75) is 25.8 Å². The molecule has 2 rings (SSSR count). The molecule has 24 heavy (non-hydrogen) atoms. The fourth-order valence-electron chi connectivity index (χ4n) is 3.03. The van der Waals surface area contributed by atoms with Crippen molar-refractivity contribution in [2.75, 3.05) is 58.8 Å². The van der Waals surface area contributed by atoms with E-state index in [1.807, 2.05) is 24.3 Å². The number of carbonyl (C=O) groups is 1. The number of likely N-dealkylation sites (N-methyl/N-ethyl adjacent to an activating group) is 2. The normalized spacial score (nSPS) is 19.2. The number of nitrogens with one attached hydrogen (secondary N) is 1. The second-order valence-electron chi connectivity index (χ2n) is 6.93. The summed E-state index contributed by atoms with van der Waals surface area (Å²) < 4.78 is 0. The van der Waals surface area contributed by atoms with Gasteiger partial charge in [0.1, 0.15) is 0 Å². The van der Waals surface area contributed by atoms with Crippen LogP contribution in [0.1, 0.15) is 30.1 Å². The maximum atomic E-state index is 12.4. The molecule has 1 aliphatic heterocycles. The molecule has 1 aromatic rings. The molecule has 1 unspecified atom stereocenters. The Kier molecular flexibility index (Phi) is 7.06. The third-order valence-corrected chi connectivity index (χ3v) is 4.90. The Labute approximate surface area is 146 Å². The van der Waals surface area contributed by atoms with Gasteiger partial charge in [0, 0.05) is 57.1 Å². The van der Waals surface area contributed by atoms with Crippen molar-refractivity contribution in [3.63, 3.8) is 0 Å². The van der Waals surface area contributed by atoms with E-state index in [2.05, 4.69) is 48.1 Å². The highest BCUT2D eigenvalue weighted by Crippen LogP contribution is 2.14. The number of carbonyl (C=O) groups excluding carboxylic acids is 1. The lowest BCUT2D eigenvalue weighted by atomic mass is 10.1. The van der Waals surface area contributed by atoms with Crippen LogP contribution in [-0.4, -0.2) is 75.6 Å². The summed E-state index contributed by atoms with van der Waals surface area (Å²) in [6.07, 6.45) is 2.37. The van der Waals surface area contributed by atoms with Gasteiger partial charge in [0.15, 0.2) is 0 Å². The van der Waals surface area contributed by atoms with E-state index in [-0.39, 0.29) is 5.91 Å². The van der Waals surface area contributed by atoms with Crippen LogP contribution in [0.2, 0.25) is 0 Å². The first kappa shape index (κ1) is 18.7. The molecule has 0 spiro atoms. The minimum Gasteiger partial charge on any atom is -0.375 e. The van der Waals surface area contributed by atoms with Crippen molar-refractivity contribution < 1.29 is 4.79 Å². The number of piperazine rings is 1. The summed E-state index contributed by atoms with van der Waals surface area (Å²) in [4.78, 5) is 19.2. The zero-order chi connectivity index (χ0) is 17.5. The van der Waals surface area contributed by atoms with Crippen LogP contribution in [0.25, 0.3) is 0 Å². The van der Waals surface area contributed by atoms with E-state index in [0.717, 1.165) is 37.4 Å². The smallest absolute Gasteiger partial charge is 0.251 e. The highest BCUT2D eigenvalue weighted by atomic mass is 16.1. The molecular formula is C19H32N4O. The third kappa shape index (κ3) is 5.21. The van der Waals surface area contributed by atoms with E-state index in [1.165, 1.54) is 12.8 Å². The molecule has 1 aliphatic rings. The van der Waals surface area contributed by atoms with Crippen LogP contribution in [0.4, 0.5) is 5.69 Å². The molecule has 0 radical (unpaired) electrons. The van der Waals surface area contributed by atoms with Gasteiger partial charge in [0.05, 0.1) is 0 Å². The van der Waals surface area contributed by atoms with Crippen molar-refractivity contribution in [2.24, 2.45) is 0 Å². The summed E-state index contributed by atoms with van der Waals surface area (Å²) in [6.45, 7) is 7.08. The van der Waals surface area contributed by atoms with Crippen molar-refractivity contribution in [1.29, 1.82) is 0 Å². The molecular weight excluding hydrogens is 300 g/mol. The van der Waals surface area contributed by atoms with Gasteiger partial charge >= 0.3 is 0 Å². The fraction of sp³-hybridized carbons (Fsp3) is 0.632. The van der Waals surface area contributed by atoms with Crippen molar-refractivity contribution in [3.8, 4) is 0 Å². The number of unbranched alkanes of at least 4 members (excludes halogenated alkanes) is 1. The van der Waals surface area contributed by atoms with E-state index in [9.17, 15) is 4.79 Å². The van der Waals surface area contributed by atoms with Gasteiger partial charge in [-0.2, -0.15) is 0 Å².